The maximum atomic E-state index is 11.9. The van der Waals surface area contributed by atoms with Gasteiger partial charge in [-0.25, -0.2) is 9.59 Å². The monoisotopic (exact) mass is 330 g/mol. The van der Waals surface area contributed by atoms with E-state index in [0.717, 1.165) is 29.9 Å². The highest BCUT2D eigenvalue weighted by Crippen LogP contribution is 2.27. The second-order valence-corrected chi connectivity index (χ2v) is 4.58. The van der Waals surface area contributed by atoms with Gasteiger partial charge in [0.15, 0.2) is 5.69 Å². The molecule has 1 aromatic heterocycles. The summed E-state index contributed by atoms with van der Waals surface area (Å²) in [5.74, 6) is -2.27. The van der Waals surface area contributed by atoms with Gasteiger partial charge in [-0.2, -0.15) is 5.26 Å². The van der Waals surface area contributed by atoms with Gasteiger partial charge in [0.25, 0.3) is 5.69 Å². The van der Waals surface area contributed by atoms with Gasteiger partial charge in [0, 0.05) is 18.3 Å². The first-order chi connectivity index (χ1) is 11.3. The van der Waals surface area contributed by atoms with Crippen molar-refractivity contribution in [3.63, 3.8) is 0 Å². The summed E-state index contributed by atoms with van der Waals surface area (Å²) in [7, 11) is 1.10. The van der Waals surface area contributed by atoms with Crippen molar-refractivity contribution in [2.45, 2.75) is 0 Å². The molecule has 2 aromatic rings. The number of hydrogen-bond acceptors (Lipinski definition) is 7. The molecule has 0 saturated carbocycles. The van der Waals surface area contributed by atoms with E-state index in [1.54, 1.807) is 6.07 Å². The first-order valence-corrected chi connectivity index (χ1v) is 6.32. The molecule has 0 spiro atoms. The predicted molar refractivity (Wildman–Crippen MR) is 79.8 cm³/mol. The zero-order valence-electron chi connectivity index (χ0n) is 12.2. The lowest BCUT2D eigenvalue weighted by molar-refractivity contribution is -0.384. The van der Waals surface area contributed by atoms with Crippen molar-refractivity contribution in [1.29, 1.82) is 5.26 Å². The number of carbonyl (C=O) groups is 2. The van der Waals surface area contributed by atoms with Crippen molar-refractivity contribution < 1.29 is 24.4 Å². The summed E-state index contributed by atoms with van der Waals surface area (Å²) in [5, 5.41) is 29.1. The number of anilines is 1. The smallest absolute Gasteiger partial charge is 0.357 e. The number of methoxy groups -OCH3 is 1. The molecule has 0 amide bonds. The molecule has 1 aromatic carbocycles. The fraction of sp³-hybridized carbons (Fsp3) is 0.0714. The fourth-order valence-corrected chi connectivity index (χ4v) is 2.08. The number of non-ortho nitro benzene ring substituents is 1. The van der Waals surface area contributed by atoms with E-state index in [9.17, 15) is 19.7 Å². The molecule has 0 aliphatic rings. The molecular formula is C14H10N4O6. The number of nitrogen functional groups attached to an aromatic ring is 1. The fourth-order valence-electron chi connectivity index (χ4n) is 2.08. The highest BCUT2D eigenvalue weighted by atomic mass is 16.6. The number of nitro benzene ring substituents is 1. The SMILES string of the molecule is COC(=O)c1c(N)c(C#N)cn1-c1cc(C(=O)O)cc([N+](=O)[O-])c1. The number of carboxylic acids is 1. The van der Waals surface area contributed by atoms with Crippen LogP contribution < -0.4 is 5.73 Å². The molecule has 0 aliphatic heterocycles. The molecule has 0 bridgehead atoms. The van der Waals surface area contributed by atoms with Crippen LogP contribution in [0.2, 0.25) is 0 Å². The number of nitro groups is 1. The standard InChI is InChI=1S/C14H10N4O6/c1-24-14(21)12-11(16)8(5-15)6-17(12)9-2-7(13(19)20)3-10(4-9)18(22)23/h2-4,6H,16H2,1H3,(H,19,20). The van der Waals surface area contributed by atoms with Crippen LogP contribution >= 0.6 is 0 Å². The zero-order chi connectivity index (χ0) is 18.0. The molecule has 122 valence electrons. The van der Waals surface area contributed by atoms with Crippen LogP contribution in [0.15, 0.2) is 24.4 Å². The van der Waals surface area contributed by atoms with Crippen LogP contribution in [-0.4, -0.2) is 33.6 Å². The predicted octanol–water partition coefficient (Wildman–Crippen LogP) is 1.32. The summed E-state index contributed by atoms with van der Waals surface area (Å²) >= 11 is 0. The van der Waals surface area contributed by atoms with Gasteiger partial charge in [-0.3, -0.25) is 10.1 Å². The van der Waals surface area contributed by atoms with Gasteiger partial charge in [0.2, 0.25) is 0 Å². The first kappa shape index (κ1) is 16.5. The lowest BCUT2D eigenvalue weighted by atomic mass is 10.1. The number of esters is 1. The molecule has 24 heavy (non-hydrogen) atoms. The van der Waals surface area contributed by atoms with Crippen LogP contribution in [0.5, 0.6) is 0 Å². The Kier molecular flexibility index (Phi) is 4.19. The van der Waals surface area contributed by atoms with Crippen molar-refractivity contribution in [2.24, 2.45) is 0 Å². The van der Waals surface area contributed by atoms with Crippen molar-refractivity contribution in [3.8, 4) is 11.8 Å². The minimum absolute atomic E-state index is 0.0183. The van der Waals surface area contributed by atoms with Gasteiger partial charge < -0.3 is 20.1 Å². The van der Waals surface area contributed by atoms with E-state index in [1.807, 2.05) is 0 Å². The summed E-state index contributed by atoms with van der Waals surface area (Å²) in [5.41, 5.74) is 4.40. The molecule has 0 aliphatic carbocycles. The maximum absolute atomic E-state index is 11.9. The Balaban J connectivity index is 2.81. The second-order valence-electron chi connectivity index (χ2n) is 4.58. The average Bonchev–Trinajstić information content (AvgIpc) is 2.90. The Morgan fingerprint density at radius 1 is 1.42 bits per heavy atom. The zero-order valence-corrected chi connectivity index (χ0v) is 12.2. The molecule has 0 fully saturated rings. The van der Waals surface area contributed by atoms with Crippen LogP contribution in [0.1, 0.15) is 26.4 Å². The highest BCUT2D eigenvalue weighted by molar-refractivity contribution is 5.96. The quantitative estimate of drug-likeness (QED) is 0.482. The van der Waals surface area contributed by atoms with Crippen molar-refractivity contribution in [3.05, 3.63) is 51.3 Å². The van der Waals surface area contributed by atoms with Crippen LogP contribution in [-0.2, 0) is 4.74 Å². The first-order valence-electron chi connectivity index (χ1n) is 6.32. The maximum Gasteiger partial charge on any atom is 0.357 e. The highest BCUT2D eigenvalue weighted by Gasteiger charge is 2.23. The molecule has 0 atom stereocenters. The third-order valence-corrected chi connectivity index (χ3v) is 3.18. The number of aromatic nitrogens is 1. The molecule has 3 N–H and O–H groups in total. The van der Waals surface area contributed by atoms with Gasteiger partial charge >= 0.3 is 11.9 Å². The molecule has 0 saturated heterocycles. The molecule has 0 unspecified atom stereocenters. The third kappa shape index (κ3) is 2.73. The van der Waals surface area contributed by atoms with Gasteiger partial charge in [-0.05, 0) is 6.07 Å². The van der Waals surface area contributed by atoms with E-state index in [0.29, 0.717) is 0 Å². The number of carboxylic acid groups (broad SMARTS) is 1. The van der Waals surface area contributed by atoms with Gasteiger partial charge in [-0.15, -0.1) is 0 Å². The topological polar surface area (TPSA) is 161 Å². The molecule has 0 radical (unpaired) electrons. The number of nitriles is 1. The molecule has 10 nitrogen and oxygen atoms in total. The van der Waals surface area contributed by atoms with E-state index in [2.05, 4.69) is 4.74 Å². The van der Waals surface area contributed by atoms with Crippen molar-refractivity contribution >= 4 is 23.3 Å². The number of rotatable bonds is 4. The summed E-state index contributed by atoms with van der Waals surface area (Å²) < 4.78 is 5.68. The number of ether oxygens (including phenoxy) is 1. The Bertz CT molecular complexity index is 876. The van der Waals surface area contributed by atoms with Crippen molar-refractivity contribution in [2.75, 3.05) is 12.8 Å². The largest absolute Gasteiger partial charge is 0.478 e. The number of hydrogen-bond donors (Lipinski definition) is 2. The van der Waals surface area contributed by atoms with Crippen LogP contribution in [0.25, 0.3) is 5.69 Å². The van der Waals surface area contributed by atoms with E-state index < -0.39 is 22.5 Å². The van der Waals surface area contributed by atoms with Gasteiger partial charge in [0.05, 0.1) is 34.5 Å². The summed E-state index contributed by atoms with van der Waals surface area (Å²) in [4.78, 5) is 33.3. The van der Waals surface area contributed by atoms with E-state index in [1.165, 1.54) is 6.20 Å². The molecule has 1 heterocycles. The normalized spacial score (nSPS) is 10.0. The average molecular weight is 330 g/mol. The van der Waals surface area contributed by atoms with E-state index in [-0.39, 0.29) is 28.2 Å². The van der Waals surface area contributed by atoms with Gasteiger partial charge in [0.1, 0.15) is 6.07 Å². The molecule has 10 heteroatoms. The Hall–Kier alpha value is -3.87. The third-order valence-electron chi connectivity index (χ3n) is 3.18. The van der Waals surface area contributed by atoms with Crippen LogP contribution in [0.4, 0.5) is 11.4 Å². The van der Waals surface area contributed by atoms with Gasteiger partial charge in [-0.1, -0.05) is 0 Å². The van der Waals surface area contributed by atoms with Crippen molar-refractivity contribution in [1.82, 2.24) is 4.57 Å². The number of nitrogens with zero attached hydrogens (tertiary/aromatic N) is 3. The Morgan fingerprint density at radius 2 is 2.08 bits per heavy atom. The minimum Gasteiger partial charge on any atom is -0.478 e. The Morgan fingerprint density at radius 3 is 2.58 bits per heavy atom. The summed E-state index contributed by atoms with van der Waals surface area (Å²) in [6.07, 6.45) is 1.17. The second kappa shape index (κ2) is 6.09. The van der Waals surface area contributed by atoms with Crippen LogP contribution in [0.3, 0.4) is 0 Å². The van der Waals surface area contributed by atoms with E-state index >= 15 is 0 Å². The number of aromatic carboxylic acids is 1. The molecular weight excluding hydrogens is 320 g/mol. The Labute approximate surface area is 134 Å². The summed E-state index contributed by atoms with van der Waals surface area (Å²) in [6, 6.07) is 4.82. The number of nitrogens with two attached hydrogens (primary N) is 1. The lowest BCUT2D eigenvalue weighted by Gasteiger charge is -2.09. The lowest BCUT2D eigenvalue weighted by Crippen LogP contribution is -2.12. The molecule has 2 rings (SSSR count). The minimum atomic E-state index is -1.39. The van der Waals surface area contributed by atoms with E-state index in [4.69, 9.17) is 16.1 Å². The number of carbonyl (C=O) groups excluding carboxylic acids is 1. The summed E-state index contributed by atoms with van der Waals surface area (Å²) in [6.45, 7) is 0. The van der Waals surface area contributed by atoms with Crippen LogP contribution in [0, 0.1) is 21.4 Å². The number of benzene rings is 1.